The van der Waals surface area contributed by atoms with E-state index < -0.39 is 0 Å². The van der Waals surface area contributed by atoms with Gasteiger partial charge in [-0.25, -0.2) is 0 Å². The molecule has 122 valence electrons. The highest BCUT2D eigenvalue weighted by molar-refractivity contribution is 5.68. The number of morpholine rings is 1. The van der Waals surface area contributed by atoms with E-state index in [1.165, 1.54) is 0 Å². The molecule has 3 rings (SSSR count). The molecule has 0 spiro atoms. The van der Waals surface area contributed by atoms with Gasteiger partial charge >= 0.3 is 0 Å². The Bertz CT molecular complexity index is 664. The third-order valence-corrected chi connectivity index (χ3v) is 4.41. The predicted molar refractivity (Wildman–Crippen MR) is 83.7 cm³/mol. The van der Waals surface area contributed by atoms with Gasteiger partial charge in [0.05, 0.1) is 30.8 Å². The Morgan fingerprint density at radius 3 is 2.83 bits per heavy atom. The van der Waals surface area contributed by atoms with Gasteiger partial charge in [-0.3, -0.25) is 10.1 Å². The lowest BCUT2D eigenvalue weighted by Crippen LogP contribution is -2.37. The number of nitro groups is 1. The first-order valence-corrected chi connectivity index (χ1v) is 7.66. The number of fused-ring (bicyclic) bond motifs is 1. The Hall–Kier alpha value is -2.33. The standard InChI is InChI=1S/C16H19N3O4/c1-16(2-3-17)10-12-8-14(19(20)21)13(9-15(12)23-11-16)18-4-6-22-7-5-18/h8-9H,2,4-7,10-11H2,1H3. The fraction of sp³-hybridized carbons (Fsp3) is 0.562. The number of nitrogens with zero attached hydrogens (tertiary/aromatic N) is 3. The van der Waals surface area contributed by atoms with E-state index in [4.69, 9.17) is 14.7 Å². The molecule has 0 bridgehead atoms. The Kier molecular flexibility index (Phi) is 4.09. The molecule has 0 amide bonds. The highest BCUT2D eigenvalue weighted by Gasteiger charge is 2.34. The summed E-state index contributed by atoms with van der Waals surface area (Å²) in [5.41, 5.74) is 1.19. The molecule has 7 heteroatoms. The average Bonchev–Trinajstić information content (AvgIpc) is 2.54. The molecule has 2 aliphatic heterocycles. The maximum Gasteiger partial charge on any atom is 0.293 e. The minimum atomic E-state index is -0.346. The first-order valence-electron chi connectivity index (χ1n) is 7.66. The van der Waals surface area contributed by atoms with Crippen LogP contribution in [0.2, 0.25) is 0 Å². The zero-order chi connectivity index (χ0) is 16.4. The van der Waals surface area contributed by atoms with Gasteiger partial charge in [0, 0.05) is 42.6 Å². The van der Waals surface area contributed by atoms with E-state index in [1.807, 2.05) is 11.8 Å². The number of nitriles is 1. The van der Waals surface area contributed by atoms with E-state index in [0.29, 0.717) is 57.2 Å². The maximum atomic E-state index is 11.5. The van der Waals surface area contributed by atoms with Crippen LogP contribution in [0.5, 0.6) is 5.75 Å². The summed E-state index contributed by atoms with van der Waals surface area (Å²) >= 11 is 0. The largest absolute Gasteiger partial charge is 0.493 e. The lowest BCUT2D eigenvalue weighted by atomic mass is 9.80. The van der Waals surface area contributed by atoms with E-state index in [0.717, 1.165) is 5.56 Å². The summed E-state index contributed by atoms with van der Waals surface area (Å²) in [6, 6.07) is 5.55. The summed E-state index contributed by atoms with van der Waals surface area (Å²) in [5.74, 6) is 0.688. The van der Waals surface area contributed by atoms with Crippen LogP contribution in [0.4, 0.5) is 11.4 Å². The van der Waals surface area contributed by atoms with Crippen molar-refractivity contribution < 1.29 is 14.4 Å². The summed E-state index contributed by atoms with van der Waals surface area (Å²) in [6.45, 7) is 4.82. The molecule has 0 radical (unpaired) electrons. The normalized spacial score (nSPS) is 23.6. The van der Waals surface area contributed by atoms with Crippen molar-refractivity contribution in [2.75, 3.05) is 37.8 Å². The minimum Gasteiger partial charge on any atom is -0.493 e. The third kappa shape index (κ3) is 3.08. The second-order valence-corrected chi connectivity index (χ2v) is 6.42. The number of benzene rings is 1. The smallest absolute Gasteiger partial charge is 0.293 e. The van der Waals surface area contributed by atoms with Crippen molar-refractivity contribution in [1.29, 1.82) is 5.26 Å². The molecule has 0 aliphatic carbocycles. The molecule has 1 saturated heterocycles. The number of anilines is 1. The quantitative estimate of drug-likeness (QED) is 0.627. The van der Waals surface area contributed by atoms with Crippen molar-refractivity contribution in [2.24, 2.45) is 5.41 Å². The number of hydrogen-bond donors (Lipinski definition) is 0. The van der Waals surface area contributed by atoms with E-state index in [2.05, 4.69) is 6.07 Å². The predicted octanol–water partition coefficient (Wildman–Crippen LogP) is 2.29. The molecule has 0 N–H and O–H groups in total. The molecular weight excluding hydrogens is 298 g/mol. The molecule has 0 saturated carbocycles. The summed E-state index contributed by atoms with van der Waals surface area (Å²) in [5, 5.41) is 20.4. The van der Waals surface area contributed by atoms with Crippen molar-refractivity contribution >= 4 is 11.4 Å². The van der Waals surface area contributed by atoms with Crippen molar-refractivity contribution in [1.82, 2.24) is 0 Å². The van der Waals surface area contributed by atoms with Gasteiger partial charge in [0.25, 0.3) is 5.69 Å². The van der Waals surface area contributed by atoms with Crippen molar-refractivity contribution in [2.45, 2.75) is 19.8 Å². The van der Waals surface area contributed by atoms with Crippen LogP contribution in [0, 0.1) is 26.9 Å². The van der Waals surface area contributed by atoms with E-state index in [-0.39, 0.29) is 16.0 Å². The summed E-state index contributed by atoms with van der Waals surface area (Å²) < 4.78 is 11.1. The monoisotopic (exact) mass is 317 g/mol. The zero-order valence-corrected chi connectivity index (χ0v) is 13.1. The first kappa shape index (κ1) is 15.6. The topological polar surface area (TPSA) is 88.6 Å². The van der Waals surface area contributed by atoms with Crippen LogP contribution in [0.25, 0.3) is 0 Å². The van der Waals surface area contributed by atoms with Crippen LogP contribution in [-0.2, 0) is 11.2 Å². The van der Waals surface area contributed by atoms with Gasteiger partial charge in [-0.05, 0) is 6.42 Å². The number of ether oxygens (including phenoxy) is 2. The number of rotatable bonds is 3. The summed E-state index contributed by atoms with van der Waals surface area (Å²) in [7, 11) is 0. The molecular formula is C16H19N3O4. The van der Waals surface area contributed by atoms with Gasteiger partial charge in [-0.2, -0.15) is 5.26 Å². The lowest BCUT2D eigenvalue weighted by molar-refractivity contribution is -0.384. The Labute approximate surface area is 134 Å². The molecule has 7 nitrogen and oxygen atoms in total. The molecule has 1 aromatic carbocycles. The Balaban J connectivity index is 1.98. The van der Waals surface area contributed by atoms with Crippen LogP contribution in [-0.4, -0.2) is 37.8 Å². The van der Waals surface area contributed by atoms with E-state index in [9.17, 15) is 10.1 Å². The lowest BCUT2D eigenvalue weighted by Gasteiger charge is -2.34. The molecule has 2 heterocycles. The van der Waals surface area contributed by atoms with Crippen LogP contribution in [0.1, 0.15) is 18.9 Å². The SMILES string of the molecule is CC1(CC#N)COc2cc(N3CCOCC3)c([N+](=O)[O-])cc2C1. The van der Waals surface area contributed by atoms with E-state index >= 15 is 0 Å². The van der Waals surface area contributed by atoms with Crippen LogP contribution in [0.15, 0.2) is 12.1 Å². The van der Waals surface area contributed by atoms with Crippen molar-refractivity contribution in [3.8, 4) is 11.8 Å². The highest BCUT2D eigenvalue weighted by Crippen LogP contribution is 2.42. The molecule has 2 aliphatic rings. The molecule has 1 unspecified atom stereocenters. The van der Waals surface area contributed by atoms with Gasteiger partial charge < -0.3 is 14.4 Å². The second kappa shape index (κ2) is 6.05. The van der Waals surface area contributed by atoms with Gasteiger partial charge in [-0.1, -0.05) is 6.92 Å². The fourth-order valence-corrected chi connectivity index (χ4v) is 3.14. The Morgan fingerprint density at radius 1 is 1.43 bits per heavy atom. The molecule has 0 aromatic heterocycles. The van der Waals surface area contributed by atoms with Gasteiger partial charge in [-0.15, -0.1) is 0 Å². The Morgan fingerprint density at radius 2 is 2.17 bits per heavy atom. The van der Waals surface area contributed by atoms with Crippen molar-refractivity contribution in [3.63, 3.8) is 0 Å². The number of hydrogen-bond acceptors (Lipinski definition) is 6. The average molecular weight is 317 g/mol. The van der Waals surface area contributed by atoms with Gasteiger partial charge in [0.2, 0.25) is 0 Å². The highest BCUT2D eigenvalue weighted by atomic mass is 16.6. The third-order valence-electron chi connectivity index (χ3n) is 4.41. The molecule has 1 fully saturated rings. The van der Waals surface area contributed by atoms with Crippen LogP contribution >= 0.6 is 0 Å². The maximum absolute atomic E-state index is 11.5. The van der Waals surface area contributed by atoms with Gasteiger partial charge in [0.1, 0.15) is 11.4 Å². The number of nitro benzene ring substituents is 1. The van der Waals surface area contributed by atoms with Crippen molar-refractivity contribution in [3.05, 3.63) is 27.8 Å². The molecule has 1 atom stereocenters. The molecule has 23 heavy (non-hydrogen) atoms. The summed E-state index contributed by atoms with van der Waals surface area (Å²) in [6.07, 6.45) is 0.978. The second-order valence-electron chi connectivity index (χ2n) is 6.42. The van der Waals surface area contributed by atoms with Gasteiger partial charge in [0.15, 0.2) is 0 Å². The molecule has 1 aromatic rings. The minimum absolute atomic E-state index is 0.0930. The zero-order valence-electron chi connectivity index (χ0n) is 13.1. The summed E-state index contributed by atoms with van der Waals surface area (Å²) in [4.78, 5) is 13.1. The fourth-order valence-electron chi connectivity index (χ4n) is 3.14. The van der Waals surface area contributed by atoms with E-state index in [1.54, 1.807) is 12.1 Å². The first-order chi connectivity index (χ1) is 11.0. The van der Waals surface area contributed by atoms with Crippen LogP contribution in [0.3, 0.4) is 0 Å². The van der Waals surface area contributed by atoms with Crippen LogP contribution < -0.4 is 9.64 Å².